The van der Waals surface area contributed by atoms with Crippen molar-refractivity contribution in [2.24, 2.45) is 0 Å². The minimum Gasteiger partial charge on any atom is -0.337 e. The van der Waals surface area contributed by atoms with Crippen LogP contribution >= 0.6 is 11.3 Å². The number of aryl methyl sites for hydroxylation is 1. The lowest BCUT2D eigenvalue weighted by atomic mass is 10.2. The molecule has 0 bridgehead atoms. The molecule has 1 aliphatic rings. The first-order valence-electron chi connectivity index (χ1n) is 8.55. The van der Waals surface area contributed by atoms with Crippen LogP contribution in [0.5, 0.6) is 0 Å². The minimum atomic E-state index is 0.578. The molecule has 0 amide bonds. The third-order valence-corrected chi connectivity index (χ3v) is 5.18. The van der Waals surface area contributed by atoms with Crippen molar-refractivity contribution < 1.29 is 4.52 Å². The van der Waals surface area contributed by atoms with Crippen molar-refractivity contribution in [2.45, 2.75) is 19.9 Å². The number of hydrogen-bond donors (Lipinski definition) is 0. The van der Waals surface area contributed by atoms with Crippen molar-refractivity contribution in [1.82, 2.24) is 20.0 Å². The van der Waals surface area contributed by atoms with Crippen LogP contribution in [0.15, 0.2) is 40.2 Å². The highest BCUT2D eigenvalue weighted by atomic mass is 32.1. The molecular weight excluding hydrogens is 334 g/mol. The van der Waals surface area contributed by atoms with E-state index in [2.05, 4.69) is 37.2 Å². The van der Waals surface area contributed by atoms with Crippen LogP contribution in [0.3, 0.4) is 0 Å². The van der Waals surface area contributed by atoms with Crippen molar-refractivity contribution >= 4 is 17.3 Å². The highest BCUT2D eigenvalue weighted by molar-refractivity contribution is 7.09. The maximum Gasteiger partial charge on any atom is 0.266 e. The zero-order chi connectivity index (χ0) is 17.1. The van der Waals surface area contributed by atoms with Gasteiger partial charge >= 0.3 is 0 Å². The molecule has 7 heteroatoms. The molecule has 130 valence electrons. The lowest BCUT2D eigenvalue weighted by Gasteiger charge is -2.19. The molecule has 0 N–H and O–H groups in total. The second-order valence-corrected chi connectivity index (χ2v) is 7.30. The van der Waals surface area contributed by atoms with E-state index in [1.54, 1.807) is 11.3 Å². The molecule has 0 radical (unpaired) electrons. The predicted molar refractivity (Wildman–Crippen MR) is 98.7 cm³/mol. The number of rotatable bonds is 4. The molecule has 25 heavy (non-hydrogen) atoms. The van der Waals surface area contributed by atoms with Gasteiger partial charge in [0.2, 0.25) is 0 Å². The zero-order valence-electron chi connectivity index (χ0n) is 14.3. The van der Waals surface area contributed by atoms with Gasteiger partial charge < -0.3 is 9.42 Å². The Hall–Kier alpha value is -2.25. The summed E-state index contributed by atoms with van der Waals surface area (Å²) in [4.78, 5) is 13.8. The van der Waals surface area contributed by atoms with E-state index in [1.165, 1.54) is 5.69 Å². The largest absolute Gasteiger partial charge is 0.337 e. The normalized spacial score (nSPS) is 16.1. The average Bonchev–Trinajstić information content (AvgIpc) is 3.21. The molecule has 3 aromatic rings. The van der Waals surface area contributed by atoms with Crippen LogP contribution in [0.4, 0.5) is 5.95 Å². The van der Waals surface area contributed by atoms with E-state index in [0.717, 1.165) is 49.7 Å². The molecule has 0 saturated carbocycles. The molecule has 1 aliphatic heterocycles. The fourth-order valence-corrected chi connectivity index (χ4v) is 3.68. The van der Waals surface area contributed by atoms with Gasteiger partial charge in [-0.1, -0.05) is 18.2 Å². The first-order valence-corrected chi connectivity index (χ1v) is 9.43. The van der Waals surface area contributed by atoms with Crippen LogP contribution in [0.25, 0.3) is 11.5 Å². The highest BCUT2D eigenvalue weighted by Crippen LogP contribution is 2.21. The number of hydrogen-bond acceptors (Lipinski definition) is 7. The van der Waals surface area contributed by atoms with E-state index in [1.807, 2.05) is 30.3 Å². The number of anilines is 1. The average molecular weight is 355 g/mol. The Morgan fingerprint density at radius 3 is 2.76 bits per heavy atom. The lowest BCUT2D eigenvalue weighted by molar-refractivity contribution is 0.282. The second kappa shape index (κ2) is 7.33. The van der Waals surface area contributed by atoms with E-state index in [-0.39, 0.29) is 0 Å². The standard InChI is InChI=1S/C18H21N5OS/c1-14-19-16(13-25-14)12-22-8-5-9-23(11-10-22)18-20-17(24-21-18)15-6-3-2-4-7-15/h2-4,6-7,13H,5,8-12H2,1H3. The minimum absolute atomic E-state index is 0.578. The van der Waals surface area contributed by atoms with Gasteiger partial charge in [-0.25, -0.2) is 4.98 Å². The monoisotopic (exact) mass is 355 g/mol. The summed E-state index contributed by atoms with van der Waals surface area (Å²) in [6.07, 6.45) is 1.08. The summed E-state index contributed by atoms with van der Waals surface area (Å²) in [5, 5.41) is 7.47. The fourth-order valence-electron chi connectivity index (χ4n) is 3.08. The van der Waals surface area contributed by atoms with Gasteiger partial charge in [0.25, 0.3) is 11.8 Å². The van der Waals surface area contributed by atoms with Gasteiger partial charge in [-0.2, -0.15) is 4.98 Å². The molecule has 0 spiro atoms. The summed E-state index contributed by atoms with van der Waals surface area (Å²) in [5.74, 6) is 1.26. The van der Waals surface area contributed by atoms with Gasteiger partial charge in [-0.3, -0.25) is 4.90 Å². The molecule has 3 heterocycles. The Balaban J connectivity index is 1.40. The van der Waals surface area contributed by atoms with Crippen LogP contribution < -0.4 is 4.90 Å². The van der Waals surface area contributed by atoms with E-state index in [4.69, 9.17) is 4.52 Å². The summed E-state index contributed by atoms with van der Waals surface area (Å²) < 4.78 is 5.44. The molecule has 0 unspecified atom stereocenters. The number of nitrogens with zero attached hydrogens (tertiary/aromatic N) is 5. The van der Waals surface area contributed by atoms with E-state index in [0.29, 0.717) is 11.8 Å². The van der Waals surface area contributed by atoms with Crippen LogP contribution in [0.2, 0.25) is 0 Å². The molecule has 1 fully saturated rings. The van der Waals surface area contributed by atoms with E-state index >= 15 is 0 Å². The highest BCUT2D eigenvalue weighted by Gasteiger charge is 2.20. The summed E-state index contributed by atoms with van der Waals surface area (Å²) in [6, 6.07) is 9.90. The van der Waals surface area contributed by atoms with Gasteiger partial charge in [0.05, 0.1) is 10.7 Å². The Morgan fingerprint density at radius 2 is 1.96 bits per heavy atom. The van der Waals surface area contributed by atoms with Crippen molar-refractivity contribution in [3.8, 4) is 11.5 Å². The molecule has 6 nitrogen and oxygen atoms in total. The third-order valence-electron chi connectivity index (χ3n) is 4.36. The van der Waals surface area contributed by atoms with E-state index < -0.39 is 0 Å². The summed E-state index contributed by atoms with van der Waals surface area (Å²) in [7, 11) is 0. The van der Waals surface area contributed by atoms with Crippen LogP contribution in [0, 0.1) is 6.92 Å². The fraction of sp³-hybridized carbons (Fsp3) is 0.389. The maximum atomic E-state index is 5.44. The van der Waals surface area contributed by atoms with Gasteiger partial charge in [-0.15, -0.1) is 11.3 Å². The summed E-state index contributed by atoms with van der Waals surface area (Å²) in [6.45, 7) is 6.86. The van der Waals surface area contributed by atoms with Gasteiger partial charge in [0.1, 0.15) is 0 Å². The third kappa shape index (κ3) is 3.88. The number of aromatic nitrogens is 3. The summed E-state index contributed by atoms with van der Waals surface area (Å²) >= 11 is 1.72. The van der Waals surface area contributed by atoms with Crippen molar-refractivity contribution in [3.63, 3.8) is 0 Å². The molecule has 0 aliphatic carbocycles. The number of benzene rings is 1. The predicted octanol–water partition coefficient (Wildman–Crippen LogP) is 3.21. The first-order chi connectivity index (χ1) is 12.3. The van der Waals surface area contributed by atoms with Gasteiger partial charge in [0, 0.05) is 43.7 Å². The Bertz CT molecular complexity index is 816. The molecular formula is C18H21N5OS. The van der Waals surface area contributed by atoms with Crippen LogP contribution in [-0.2, 0) is 6.54 Å². The lowest BCUT2D eigenvalue weighted by Crippen LogP contribution is -2.31. The molecule has 1 saturated heterocycles. The Morgan fingerprint density at radius 1 is 1.08 bits per heavy atom. The Labute approximate surface area is 151 Å². The SMILES string of the molecule is Cc1nc(CN2CCCN(c3noc(-c4ccccc4)n3)CC2)cs1. The maximum absolute atomic E-state index is 5.44. The first kappa shape index (κ1) is 16.2. The van der Waals surface area contributed by atoms with Crippen molar-refractivity contribution in [3.05, 3.63) is 46.4 Å². The van der Waals surface area contributed by atoms with Crippen molar-refractivity contribution in [1.29, 1.82) is 0 Å². The second-order valence-electron chi connectivity index (χ2n) is 6.24. The summed E-state index contributed by atoms with van der Waals surface area (Å²) in [5.41, 5.74) is 2.12. The van der Waals surface area contributed by atoms with Gasteiger partial charge in [-0.05, 0) is 30.6 Å². The van der Waals surface area contributed by atoms with Gasteiger partial charge in [0.15, 0.2) is 0 Å². The molecule has 0 atom stereocenters. The Kier molecular flexibility index (Phi) is 4.76. The smallest absolute Gasteiger partial charge is 0.266 e. The molecule has 2 aromatic heterocycles. The number of thiazole rings is 1. The topological polar surface area (TPSA) is 58.3 Å². The molecule has 4 rings (SSSR count). The van der Waals surface area contributed by atoms with Crippen LogP contribution in [0.1, 0.15) is 17.1 Å². The zero-order valence-corrected chi connectivity index (χ0v) is 15.1. The van der Waals surface area contributed by atoms with Crippen LogP contribution in [-0.4, -0.2) is 46.2 Å². The quantitative estimate of drug-likeness (QED) is 0.716. The molecule has 1 aromatic carbocycles. The van der Waals surface area contributed by atoms with Crippen molar-refractivity contribution in [2.75, 3.05) is 31.1 Å². The van der Waals surface area contributed by atoms with E-state index in [9.17, 15) is 0 Å².